The van der Waals surface area contributed by atoms with Crippen molar-refractivity contribution in [2.75, 3.05) is 12.4 Å². The zero-order chi connectivity index (χ0) is 20.6. The van der Waals surface area contributed by atoms with Crippen LogP contribution in [0.4, 0.5) is 5.69 Å². The Bertz CT molecular complexity index is 981. The second-order valence-corrected chi connectivity index (χ2v) is 6.70. The van der Waals surface area contributed by atoms with E-state index in [1.165, 1.54) is 13.3 Å². The molecule has 0 bridgehead atoms. The molecule has 1 aromatic heterocycles. The van der Waals surface area contributed by atoms with Crippen molar-refractivity contribution in [3.05, 3.63) is 89.2 Å². The van der Waals surface area contributed by atoms with E-state index in [1.54, 1.807) is 36.5 Å². The third-order valence-electron chi connectivity index (χ3n) is 4.25. The standard InChI is InChI=1S/C22H20ClN3O3/c1-29-20-10-9-17(13-18(20)23)25-22(28)19(12-15-6-3-2-4-7-15)26-21(27)16-8-5-11-24-14-16/h2-11,13-14,19H,12H2,1H3,(H,25,28)(H,26,27)/t19-/m0/s1. The van der Waals surface area contributed by atoms with Crippen LogP contribution in [0, 0.1) is 0 Å². The molecule has 0 unspecified atom stereocenters. The van der Waals surface area contributed by atoms with Gasteiger partial charge in [0.15, 0.2) is 0 Å². The number of ether oxygens (including phenoxy) is 1. The largest absolute Gasteiger partial charge is 0.495 e. The molecule has 0 aliphatic rings. The van der Waals surface area contributed by atoms with E-state index in [0.29, 0.717) is 28.4 Å². The van der Waals surface area contributed by atoms with Gasteiger partial charge in [-0.2, -0.15) is 0 Å². The van der Waals surface area contributed by atoms with Crippen LogP contribution in [0.5, 0.6) is 5.75 Å². The van der Waals surface area contributed by atoms with E-state index in [-0.39, 0.29) is 11.8 Å². The molecular weight excluding hydrogens is 390 g/mol. The van der Waals surface area contributed by atoms with E-state index in [1.807, 2.05) is 30.3 Å². The quantitative estimate of drug-likeness (QED) is 0.623. The molecule has 148 valence electrons. The fourth-order valence-electron chi connectivity index (χ4n) is 2.77. The van der Waals surface area contributed by atoms with Gasteiger partial charge < -0.3 is 15.4 Å². The maximum Gasteiger partial charge on any atom is 0.253 e. The summed E-state index contributed by atoms with van der Waals surface area (Å²) in [5, 5.41) is 5.97. The zero-order valence-electron chi connectivity index (χ0n) is 15.8. The van der Waals surface area contributed by atoms with Gasteiger partial charge in [0.1, 0.15) is 11.8 Å². The van der Waals surface area contributed by atoms with Crippen LogP contribution < -0.4 is 15.4 Å². The average Bonchev–Trinajstić information content (AvgIpc) is 2.74. The van der Waals surface area contributed by atoms with E-state index in [9.17, 15) is 9.59 Å². The summed E-state index contributed by atoms with van der Waals surface area (Å²) < 4.78 is 5.13. The maximum absolute atomic E-state index is 12.9. The number of nitrogens with one attached hydrogen (secondary N) is 2. The van der Waals surface area contributed by atoms with Crippen molar-refractivity contribution < 1.29 is 14.3 Å². The lowest BCUT2D eigenvalue weighted by Gasteiger charge is -2.19. The van der Waals surface area contributed by atoms with Gasteiger partial charge in [-0.25, -0.2) is 0 Å². The summed E-state index contributed by atoms with van der Waals surface area (Å²) in [6.07, 6.45) is 3.37. The number of anilines is 1. The minimum Gasteiger partial charge on any atom is -0.495 e. The van der Waals surface area contributed by atoms with Crippen LogP contribution in [-0.4, -0.2) is 29.9 Å². The lowest BCUT2D eigenvalue weighted by atomic mass is 10.0. The van der Waals surface area contributed by atoms with Crippen molar-refractivity contribution in [3.63, 3.8) is 0 Å². The van der Waals surface area contributed by atoms with Gasteiger partial charge in [0.25, 0.3) is 5.91 Å². The molecule has 0 saturated heterocycles. The summed E-state index contributed by atoms with van der Waals surface area (Å²) in [5.74, 6) is -0.218. The van der Waals surface area contributed by atoms with Crippen LogP contribution >= 0.6 is 11.6 Å². The molecular formula is C22H20ClN3O3. The number of benzene rings is 2. The number of carbonyl (C=O) groups excluding carboxylic acids is 2. The van der Waals surface area contributed by atoms with Crippen molar-refractivity contribution in [1.82, 2.24) is 10.3 Å². The Kier molecular flexibility index (Phi) is 6.81. The minimum atomic E-state index is -0.786. The number of nitrogens with zero attached hydrogens (tertiary/aromatic N) is 1. The van der Waals surface area contributed by atoms with E-state index in [4.69, 9.17) is 16.3 Å². The number of hydrogen-bond acceptors (Lipinski definition) is 4. The Labute approximate surface area is 173 Å². The molecule has 0 aliphatic heterocycles. The fraction of sp³-hybridized carbons (Fsp3) is 0.136. The lowest BCUT2D eigenvalue weighted by molar-refractivity contribution is -0.118. The first-order chi connectivity index (χ1) is 14.1. The summed E-state index contributed by atoms with van der Waals surface area (Å²) in [7, 11) is 1.52. The molecule has 2 aromatic carbocycles. The van der Waals surface area contributed by atoms with Gasteiger partial charge in [0.2, 0.25) is 5.91 Å². The summed E-state index contributed by atoms with van der Waals surface area (Å²) in [4.78, 5) is 29.5. The van der Waals surface area contributed by atoms with Crippen molar-refractivity contribution in [1.29, 1.82) is 0 Å². The molecule has 0 radical (unpaired) electrons. The second kappa shape index (κ2) is 9.71. The Morgan fingerprint density at radius 3 is 2.55 bits per heavy atom. The number of hydrogen-bond donors (Lipinski definition) is 2. The van der Waals surface area contributed by atoms with Gasteiger partial charge >= 0.3 is 0 Å². The zero-order valence-corrected chi connectivity index (χ0v) is 16.5. The molecule has 0 spiro atoms. The molecule has 1 atom stereocenters. The van der Waals surface area contributed by atoms with Crippen LogP contribution in [0.1, 0.15) is 15.9 Å². The van der Waals surface area contributed by atoms with Crippen LogP contribution in [-0.2, 0) is 11.2 Å². The molecule has 6 nitrogen and oxygen atoms in total. The molecule has 1 heterocycles. The predicted octanol–water partition coefficient (Wildman–Crippen LogP) is 3.72. The molecule has 2 amide bonds. The van der Waals surface area contributed by atoms with Crippen molar-refractivity contribution in [3.8, 4) is 5.75 Å². The molecule has 0 aliphatic carbocycles. The Morgan fingerprint density at radius 2 is 1.90 bits per heavy atom. The van der Waals surface area contributed by atoms with Crippen molar-refractivity contribution >= 4 is 29.1 Å². The molecule has 0 fully saturated rings. The number of pyridine rings is 1. The van der Waals surface area contributed by atoms with Crippen LogP contribution in [0.25, 0.3) is 0 Å². The highest BCUT2D eigenvalue weighted by molar-refractivity contribution is 6.32. The normalized spacial score (nSPS) is 11.4. The van der Waals surface area contributed by atoms with Gasteiger partial charge in [0, 0.05) is 24.5 Å². The third-order valence-corrected chi connectivity index (χ3v) is 4.54. The second-order valence-electron chi connectivity index (χ2n) is 6.30. The Morgan fingerprint density at radius 1 is 1.10 bits per heavy atom. The molecule has 29 heavy (non-hydrogen) atoms. The van der Waals surface area contributed by atoms with Crippen LogP contribution in [0.15, 0.2) is 73.1 Å². The number of rotatable bonds is 7. The molecule has 7 heteroatoms. The smallest absolute Gasteiger partial charge is 0.253 e. The van der Waals surface area contributed by atoms with Crippen LogP contribution in [0.2, 0.25) is 5.02 Å². The van der Waals surface area contributed by atoms with E-state index >= 15 is 0 Å². The molecule has 2 N–H and O–H groups in total. The predicted molar refractivity (Wildman–Crippen MR) is 112 cm³/mol. The van der Waals surface area contributed by atoms with E-state index < -0.39 is 6.04 Å². The van der Waals surface area contributed by atoms with E-state index in [2.05, 4.69) is 15.6 Å². The maximum atomic E-state index is 12.9. The van der Waals surface area contributed by atoms with E-state index in [0.717, 1.165) is 5.56 Å². The first-order valence-electron chi connectivity index (χ1n) is 8.96. The Balaban J connectivity index is 1.78. The highest BCUT2D eigenvalue weighted by atomic mass is 35.5. The first-order valence-corrected chi connectivity index (χ1v) is 9.34. The summed E-state index contributed by atoms with van der Waals surface area (Å²) in [6.45, 7) is 0. The fourth-order valence-corrected chi connectivity index (χ4v) is 3.03. The first kappa shape index (κ1) is 20.4. The average molecular weight is 410 g/mol. The summed E-state index contributed by atoms with van der Waals surface area (Å²) in [5.41, 5.74) is 1.81. The summed E-state index contributed by atoms with van der Waals surface area (Å²) in [6, 6.07) is 16.9. The highest BCUT2D eigenvalue weighted by Crippen LogP contribution is 2.27. The number of halogens is 1. The minimum absolute atomic E-state index is 0.336. The molecule has 3 rings (SSSR count). The van der Waals surface area contributed by atoms with Gasteiger partial charge in [-0.3, -0.25) is 14.6 Å². The number of aromatic nitrogens is 1. The van der Waals surface area contributed by atoms with Gasteiger partial charge in [-0.05, 0) is 35.9 Å². The van der Waals surface area contributed by atoms with Gasteiger partial charge in [0.05, 0.1) is 17.7 Å². The lowest BCUT2D eigenvalue weighted by Crippen LogP contribution is -2.45. The number of amides is 2. The molecule has 0 saturated carbocycles. The number of methoxy groups -OCH3 is 1. The molecule has 3 aromatic rings. The number of carbonyl (C=O) groups is 2. The van der Waals surface area contributed by atoms with Gasteiger partial charge in [-0.1, -0.05) is 41.9 Å². The highest BCUT2D eigenvalue weighted by Gasteiger charge is 2.22. The Hall–Kier alpha value is -3.38. The SMILES string of the molecule is COc1ccc(NC(=O)[C@H](Cc2ccccc2)NC(=O)c2cccnc2)cc1Cl. The van der Waals surface area contributed by atoms with Crippen molar-refractivity contribution in [2.24, 2.45) is 0 Å². The van der Waals surface area contributed by atoms with Gasteiger partial charge in [-0.15, -0.1) is 0 Å². The van der Waals surface area contributed by atoms with Crippen LogP contribution in [0.3, 0.4) is 0 Å². The monoisotopic (exact) mass is 409 g/mol. The summed E-state index contributed by atoms with van der Waals surface area (Å²) >= 11 is 6.13. The third kappa shape index (κ3) is 5.56. The topological polar surface area (TPSA) is 80.3 Å². The van der Waals surface area contributed by atoms with Crippen molar-refractivity contribution in [2.45, 2.75) is 12.5 Å².